The molecule has 1 N–H and O–H groups in total. The number of aromatic carboxylic acids is 1. The Labute approximate surface area is 82.8 Å². The van der Waals surface area contributed by atoms with E-state index in [9.17, 15) is 4.79 Å². The number of fused-ring (bicyclic) bond motifs is 1. The number of hydrogen-bond acceptors (Lipinski definition) is 3. The predicted molar refractivity (Wildman–Crippen MR) is 56.8 cm³/mol. The minimum absolute atomic E-state index is 0.393. The third-order valence-corrected chi connectivity index (χ3v) is 3.95. The van der Waals surface area contributed by atoms with Crippen molar-refractivity contribution in [3.05, 3.63) is 28.5 Å². The Hall–Kier alpha value is -1.13. The monoisotopic (exact) mass is 210 g/mol. The molecule has 0 aliphatic heterocycles. The molecule has 0 bridgehead atoms. The molecule has 2 heterocycles. The molecule has 0 aliphatic rings. The lowest BCUT2D eigenvalue weighted by Crippen LogP contribution is -1.89. The van der Waals surface area contributed by atoms with Gasteiger partial charge in [-0.25, -0.2) is 4.79 Å². The summed E-state index contributed by atoms with van der Waals surface area (Å²) in [4.78, 5) is 11.1. The molecule has 0 aliphatic carbocycles. The van der Waals surface area contributed by atoms with Gasteiger partial charge >= 0.3 is 5.97 Å². The highest BCUT2D eigenvalue weighted by atomic mass is 32.1. The first kappa shape index (κ1) is 8.47. The molecular formula is C9H6O2S2. The molecule has 66 valence electrons. The lowest BCUT2D eigenvalue weighted by Gasteiger charge is -1.83. The highest BCUT2D eigenvalue weighted by Crippen LogP contribution is 2.34. The second-order valence-electron chi connectivity index (χ2n) is 2.50. The van der Waals surface area contributed by atoms with E-state index in [1.807, 2.05) is 5.38 Å². The molecule has 0 aromatic carbocycles. The normalized spacial score (nSPS) is 10.5. The molecule has 0 unspecified atom stereocenters. The van der Waals surface area contributed by atoms with Gasteiger partial charge in [0.05, 0.1) is 4.70 Å². The fourth-order valence-corrected chi connectivity index (χ4v) is 3.29. The Balaban J connectivity index is 2.69. The van der Waals surface area contributed by atoms with Gasteiger partial charge in [0.25, 0.3) is 0 Å². The molecule has 0 saturated heterocycles. The maximum atomic E-state index is 10.7. The smallest absolute Gasteiger partial charge is 0.345 e. The molecule has 2 rings (SSSR count). The number of hydrogen-bond donors (Lipinski definition) is 1. The largest absolute Gasteiger partial charge is 0.477 e. The van der Waals surface area contributed by atoms with Crippen LogP contribution in [0, 0.1) is 0 Å². The molecule has 0 spiro atoms. The highest BCUT2D eigenvalue weighted by Gasteiger charge is 2.11. The summed E-state index contributed by atoms with van der Waals surface area (Å²) in [6, 6.07) is 1.71. The van der Waals surface area contributed by atoms with Crippen LogP contribution in [0.5, 0.6) is 0 Å². The molecule has 0 fully saturated rings. The van der Waals surface area contributed by atoms with Crippen LogP contribution in [0.4, 0.5) is 0 Å². The summed E-state index contributed by atoms with van der Waals surface area (Å²) in [5.41, 5.74) is 1.03. The van der Waals surface area contributed by atoms with Crippen molar-refractivity contribution < 1.29 is 9.90 Å². The summed E-state index contributed by atoms with van der Waals surface area (Å²) < 4.78 is 2.05. The Kier molecular flexibility index (Phi) is 1.94. The van der Waals surface area contributed by atoms with Crippen LogP contribution in [-0.2, 0) is 0 Å². The van der Waals surface area contributed by atoms with E-state index in [0.717, 1.165) is 15.0 Å². The average molecular weight is 210 g/mol. The lowest BCUT2D eigenvalue weighted by molar-refractivity contribution is 0.0702. The van der Waals surface area contributed by atoms with Crippen LogP contribution in [0.1, 0.15) is 15.2 Å². The first-order valence-electron chi connectivity index (χ1n) is 3.59. The van der Waals surface area contributed by atoms with Crippen LogP contribution in [0.15, 0.2) is 18.0 Å². The van der Waals surface area contributed by atoms with Crippen LogP contribution in [0.2, 0.25) is 0 Å². The Bertz CT molecular complexity index is 479. The van der Waals surface area contributed by atoms with Crippen LogP contribution < -0.4 is 0 Å². The van der Waals surface area contributed by atoms with Gasteiger partial charge in [-0.3, -0.25) is 0 Å². The second-order valence-corrected chi connectivity index (χ2v) is 4.47. The molecular weight excluding hydrogens is 204 g/mol. The molecule has 0 atom stereocenters. The molecule has 2 aromatic rings. The van der Waals surface area contributed by atoms with Crippen molar-refractivity contribution in [2.24, 2.45) is 0 Å². The van der Waals surface area contributed by atoms with Gasteiger partial charge < -0.3 is 5.11 Å². The Morgan fingerprint density at radius 2 is 2.38 bits per heavy atom. The molecule has 13 heavy (non-hydrogen) atoms. The van der Waals surface area contributed by atoms with E-state index in [4.69, 9.17) is 5.11 Å². The zero-order valence-corrected chi connectivity index (χ0v) is 8.24. The summed E-state index contributed by atoms with van der Waals surface area (Å²) in [7, 11) is 0. The van der Waals surface area contributed by atoms with Crippen molar-refractivity contribution in [2.75, 3.05) is 0 Å². The van der Waals surface area contributed by atoms with Crippen LogP contribution in [0.3, 0.4) is 0 Å². The van der Waals surface area contributed by atoms with Crippen molar-refractivity contribution in [3.8, 4) is 0 Å². The Morgan fingerprint density at radius 3 is 3.00 bits per heavy atom. The van der Waals surface area contributed by atoms with Crippen molar-refractivity contribution in [3.63, 3.8) is 0 Å². The maximum absolute atomic E-state index is 10.7. The maximum Gasteiger partial charge on any atom is 0.345 e. The van der Waals surface area contributed by atoms with Crippen molar-refractivity contribution in [1.29, 1.82) is 0 Å². The van der Waals surface area contributed by atoms with E-state index >= 15 is 0 Å². The van der Waals surface area contributed by atoms with E-state index < -0.39 is 5.97 Å². The van der Waals surface area contributed by atoms with Gasteiger partial charge in [0.15, 0.2) is 0 Å². The molecule has 2 aromatic heterocycles. The first-order chi connectivity index (χ1) is 6.22. The van der Waals surface area contributed by atoms with Crippen LogP contribution >= 0.6 is 22.7 Å². The lowest BCUT2D eigenvalue weighted by atomic mass is 10.3. The summed E-state index contributed by atoms with van der Waals surface area (Å²) in [6.45, 7) is 3.67. The first-order valence-corrected chi connectivity index (χ1v) is 5.28. The van der Waals surface area contributed by atoms with Gasteiger partial charge in [0, 0.05) is 15.6 Å². The fraction of sp³-hybridized carbons (Fsp3) is 0. The summed E-state index contributed by atoms with van der Waals surface area (Å²) >= 11 is 2.86. The summed E-state index contributed by atoms with van der Waals surface area (Å²) in [5.74, 6) is -0.858. The summed E-state index contributed by atoms with van der Waals surface area (Å²) in [6.07, 6.45) is 1.75. The minimum atomic E-state index is -0.858. The molecule has 4 heteroatoms. The zero-order chi connectivity index (χ0) is 9.42. The number of rotatable bonds is 2. The third-order valence-electron chi connectivity index (χ3n) is 1.70. The zero-order valence-electron chi connectivity index (χ0n) is 6.61. The van der Waals surface area contributed by atoms with Crippen molar-refractivity contribution in [2.45, 2.75) is 0 Å². The van der Waals surface area contributed by atoms with E-state index in [1.165, 1.54) is 11.3 Å². The number of carbonyl (C=O) groups is 1. The number of carboxylic acids is 1. The van der Waals surface area contributed by atoms with Crippen molar-refractivity contribution >= 4 is 44.1 Å². The molecule has 0 radical (unpaired) electrons. The molecule has 0 amide bonds. The van der Waals surface area contributed by atoms with E-state index in [0.29, 0.717) is 4.88 Å². The SMILES string of the molecule is C=Cc1csc2cc(C(=O)O)sc12. The van der Waals surface area contributed by atoms with Gasteiger partial charge in [-0.1, -0.05) is 12.7 Å². The van der Waals surface area contributed by atoms with Gasteiger partial charge in [-0.15, -0.1) is 22.7 Å². The highest BCUT2D eigenvalue weighted by molar-refractivity contribution is 7.28. The van der Waals surface area contributed by atoms with E-state index in [1.54, 1.807) is 23.5 Å². The van der Waals surface area contributed by atoms with Crippen LogP contribution in [0.25, 0.3) is 15.5 Å². The number of thiophene rings is 2. The quantitative estimate of drug-likeness (QED) is 0.825. The average Bonchev–Trinajstić information content (AvgIpc) is 2.60. The third kappa shape index (κ3) is 1.28. The minimum Gasteiger partial charge on any atom is -0.477 e. The standard InChI is InChI=1S/C9H6O2S2/c1-2-5-4-12-6-3-7(9(10)11)13-8(5)6/h2-4H,1H2,(H,10,11). The Morgan fingerprint density at radius 1 is 1.62 bits per heavy atom. The van der Waals surface area contributed by atoms with E-state index in [-0.39, 0.29) is 0 Å². The predicted octanol–water partition coefficient (Wildman–Crippen LogP) is 3.30. The van der Waals surface area contributed by atoms with Gasteiger partial charge in [0.1, 0.15) is 4.88 Å². The number of carboxylic acid groups (broad SMARTS) is 1. The van der Waals surface area contributed by atoms with E-state index in [2.05, 4.69) is 6.58 Å². The summed E-state index contributed by atoms with van der Waals surface area (Å²) in [5, 5.41) is 10.7. The van der Waals surface area contributed by atoms with Crippen molar-refractivity contribution in [1.82, 2.24) is 0 Å². The fourth-order valence-electron chi connectivity index (χ4n) is 1.09. The van der Waals surface area contributed by atoms with Gasteiger partial charge in [-0.2, -0.15) is 0 Å². The van der Waals surface area contributed by atoms with Crippen LogP contribution in [-0.4, -0.2) is 11.1 Å². The molecule has 2 nitrogen and oxygen atoms in total. The topological polar surface area (TPSA) is 37.3 Å². The van der Waals surface area contributed by atoms with Gasteiger partial charge in [0.2, 0.25) is 0 Å². The molecule has 0 saturated carbocycles. The second kappa shape index (κ2) is 2.97. The van der Waals surface area contributed by atoms with Gasteiger partial charge in [-0.05, 0) is 6.07 Å².